The molecule has 1 atom stereocenters. The second-order valence-corrected chi connectivity index (χ2v) is 8.22. The van der Waals surface area contributed by atoms with Crippen LogP contribution in [-0.4, -0.2) is 22.3 Å². The summed E-state index contributed by atoms with van der Waals surface area (Å²) in [6.45, 7) is 0. The van der Waals surface area contributed by atoms with Gasteiger partial charge in [-0.3, -0.25) is 4.79 Å². The zero-order valence-electron chi connectivity index (χ0n) is 17.8. The molecule has 164 valence electrons. The first-order valence-electron chi connectivity index (χ1n) is 10.6. The Balaban J connectivity index is 1.55. The second kappa shape index (κ2) is 10.2. The number of aldehydes is 1. The molecule has 3 aromatic carbocycles. The molecule has 4 nitrogen and oxygen atoms in total. The van der Waals surface area contributed by atoms with Gasteiger partial charge in [-0.05, 0) is 64.9 Å². The summed E-state index contributed by atoms with van der Waals surface area (Å²) < 4.78 is 0. The number of hydrogen-bond donors (Lipinski definition) is 1. The lowest BCUT2D eigenvalue weighted by atomic mass is 9.84. The molecule has 4 aromatic rings. The molecule has 0 radical (unpaired) electrons. The highest BCUT2D eigenvalue weighted by molar-refractivity contribution is 6.29. The summed E-state index contributed by atoms with van der Waals surface area (Å²) in [5.74, 6) is -0.923. The number of rotatable bonds is 8. The first-order chi connectivity index (χ1) is 16.0. The van der Waals surface area contributed by atoms with Crippen LogP contribution in [0.1, 0.15) is 49.7 Å². The molecule has 0 aliphatic heterocycles. The van der Waals surface area contributed by atoms with Crippen molar-refractivity contribution in [2.75, 3.05) is 0 Å². The van der Waals surface area contributed by atoms with Gasteiger partial charge >= 0.3 is 5.97 Å². The number of nitrogens with zero attached hydrogens (tertiary/aromatic N) is 1. The quantitative estimate of drug-likeness (QED) is 0.238. The average Bonchev–Trinajstić information content (AvgIpc) is 2.85. The second-order valence-electron chi connectivity index (χ2n) is 7.83. The molecular formula is C28H22ClNO3. The maximum absolute atomic E-state index is 11.7. The summed E-state index contributed by atoms with van der Waals surface area (Å²) in [5, 5.41) is 9.50. The van der Waals surface area contributed by atoms with E-state index in [2.05, 4.69) is 17.1 Å². The van der Waals surface area contributed by atoms with Crippen molar-refractivity contribution in [3.63, 3.8) is 0 Å². The monoisotopic (exact) mass is 455 g/mol. The highest BCUT2D eigenvalue weighted by atomic mass is 35.5. The normalized spacial score (nSPS) is 11.7. The predicted octanol–water partition coefficient (Wildman–Crippen LogP) is 6.68. The zero-order valence-corrected chi connectivity index (χ0v) is 18.6. The summed E-state index contributed by atoms with van der Waals surface area (Å²) in [4.78, 5) is 26.8. The van der Waals surface area contributed by atoms with E-state index in [4.69, 9.17) is 16.7 Å². The Morgan fingerprint density at radius 3 is 2.24 bits per heavy atom. The number of carbonyl (C=O) groups is 2. The van der Waals surface area contributed by atoms with E-state index in [1.165, 1.54) is 5.56 Å². The molecule has 0 saturated heterocycles. The lowest BCUT2D eigenvalue weighted by Gasteiger charge is -2.20. The third-order valence-corrected chi connectivity index (χ3v) is 6.00. The van der Waals surface area contributed by atoms with E-state index >= 15 is 0 Å². The van der Waals surface area contributed by atoms with Crippen molar-refractivity contribution in [1.82, 2.24) is 4.98 Å². The number of benzene rings is 3. The number of aryl methyl sites for hydroxylation is 1. The molecule has 0 amide bonds. The van der Waals surface area contributed by atoms with Crippen molar-refractivity contribution in [2.45, 2.75) is 18.8 Å². The average molecular weight is 456 g/mol. The molecule has 5 heteroatoms. The van der Waals surface area contributed by atoms with Gasteiger partial charge in [0.1, 0.15) is 11.4 Å². The summed E-state index contributed by atoms with van der Waals surface area (Å²) in [7, 11) is 0. The molecule has 1 aromatic heterocycles. The minimum Gasteiger partial charge on any atom is -0.478 e. The Kier molecular flexibility index (Phi) is 6.96. The van der Waals surface area contributed by atoms with Crippen molar-refractivity contribution in [3.05, 3.63) is 124 Å². The van der Waals surface area contributed by atoms with Crippen LogP contribution in [0.2, 0.25) is 5.15 Å². The Hall–Kier alpha value is -3.76. The van der Waals surface area contributed by atoms with E-state index in [0.717, 1.165) is 41.4 Å². The fourth-order valence-electron chi connectivity index (χ4n) is 4.05. The topological polar surface area (TPSA) is 67.3 Å². The first kappa shape index (κ1) is 22.4. The molecule has 1 N–H and O–H groups in total. The van der Waals surface area contributed by atoms with Crippen LogP contribution < -0.4 is 0 Å². The van der Waals surface area contributed by atoms with Crippen LogP contribution in [0.5, 0.6) is 0 Å². The zero-order chi connectivity index (χ0) is 23.2. The van der Waals surface area contributed by atoms with E-state index < -0.39 is 5.97 Å². The van der Waals surface area contributed by atoms with Crippen LogP contribution in [0, 0.1) is 0 Å². The molecule has 0 aliphatic rings. The number of carboxylic acid groups (broad SMARTS) is 1. The van der Waals surface area contributed by atoms with Crippen molar-refractivity contribution in [2.24, 2.45) is 0 Å². The standard InChI is InChI=1S/C28H22ClNO3/c29-27-17-23(15-16-30-27)26(25-4-2-1-3-24(25)18-31)14-7-19-5-8-20(9-6-19)21-10-12-22(13-11-21)28(32)33/h1-6,8-13,15-18,26H,7,14H2,(H,32,33)/t26-/m1/s1. The van der Waals surface area contributed by atoms with E-state index in [0.29, 0.717) is 10.7 Å². The fourth-order valence-corrected chi connectivity index (χ4v) is 4.23. The number of carbonyl (C=O) groups excluding carboxylic acids is 1. The van der Waals surface area contributed by atoms with Gasteiger partial charge in [-0.1, -0.05) is 72.3 Å². The van der Waals surface area contributed by atoms with E-state index in [1.54, 1.807) is 18.3 Å². The number of carboxylic acids is 1. The minimum atomic E-state index is -0.932. The van der Waals surface area contributed by atoms with E-state index in [9.17, 15) is 9.59 Å². The molecule has 0 unspecified atom stereocenters. The highest BCUT2D eigenvalue weighted by Crippen LogP contribution is 2.32. The smallest absolute Gasteiger partial charge is 0.335 e. The molecule has 0 saturated carbocycles. The molecule has 1 heterocycles. The Labute approximate surface area is 197 Å². The van der Waals surface area contributed by atoms with Crippen LogP contribution in [0.25, 0.3) is 11.1 Å². The molecule has 0 aliphatic carbocycles. The fraction of sp³-hybridized carbons (Fsp3) is 0.107. The molecule has 0 bridgehead atoms. The number of pyridine rings is 1. The molecular weight excluding hydrogens is 434 g/mol. The van der Waals surface area contributed by atoms with Crippen LogP contribution in [0.15, 0.2) is 91.1 Å². The van der Waals surface area contributed by atoms with E-state index in [1.807, 2.05) is 60.7 Å². The van der Waals surface area contributed by atoms with Crippen molar-refractivity contribution < 1.29 is 14.7 Å². The van der Waals surface area contributed by atoms with Crippen LogP contribution >= 0.6 is 11.6 Å². The lowest BCUT2D eigenvalue weighted by molar-refractivity contribution is 0.0696. The maximum atomic E-state index is 11.7. The van der Waals surface area contributed by atoms with Gasteiger partial charge in [0.25, 0.3) is 0 Å². The van der Waals surface area contributed by atoms with Crippen molar-refractivity contribution in [1.29, 1.82) is 0 Å². The Morgan fingerprint density at radius 2 is 1.61 bits per heavy atom. The van der Waals surface area contributed by atoms with Crippen molar-refractivity contribution >= 4 is 23.9 Å². The lowest BCUT2D eigenvalue weighted by Crippen LogP contribution is -2.06. The van der Waals surface area contributed by atoms with Gasteiger partial charge in [-0.15, -0.1) is 0 Å². The van der Waals surface area contributed by atoms with E-state index in [-0.39, 0.29) is 11.5 Å². The molecule has 0 fully saturated rings. The van der Waals surface area contributed by atoms with Gasteiger partial charge in [0.05, 0.1) is 5.56 Å². The van der Waals surface area contributed by atoms with Gasteiger partial charge in [0.2, 0.25) is 0 Å². The van der Waals surface area contributed by atoms with Crippen LogP contribution in [0.4, 0.5) is 0 Å². The summed E-state index contributed by atoms with van der Waals surface area (Å²) >= 11 is 6.16. The number of halogens is 1. The maximum Gasteiger partial charge on any atom is 0.335 e. The predicted molar refractivity (Wildman–Crippen MR) is 130 cm³/mol. The first-order valence-corrected chi connectivity index (χ1v) is 11.0. The molecule has 0 spiro atoms. The van der Waals surface area contributed by atoms with Gasteiger partial charge in [-0.25, -0.2) is 9.78 Å². The number of aromatic carboxylic acids is 1. The number of aromatic nitrogens is 1. The molecule has 33 heavy (non-hydrogen) atoms. The van der Waals surface area contributed by atoms with Gasteiger partial charge in [0.15, 0.2) is 0 Å². The SMILES string of the molecule is O=Cc1ccccc1[C@H](CCc1ccc(-c2ccc(C(=O)O)cc2)cc1)c1ccnc(Cl)c1. The highest BCUT2D eigenvalue weighted by Gasteiger charge is 2.18. The van der Waals surface area contributed by atoms with Crippen molar-refractivity contribution in [3.8, 4) is 11.1 Å². The third-order valence-electron chi connectivity index (χ3n) is 5.79. The Bertz CT molecular complexity index is 1270. The minimum absolute atomic E-state index is 0.00939. The van der Waals surface area contributed by atoms with Gasteiger partial charge in [0, 0.05) is 17.7 Å². The van der Waals surface area contributed by atoms with Crippen LogP contribution in [0.3, 0.4) is 0 Å². The molecule has 4 rings (SSSR count). The van der Waals surface area contributed by atoms with Crippen LogP contribution in [-0.2, 0) is 6.42 Å². The summed E-state index contributed by atoms with van der Waals surface area (Å²) in [5.41, 5.74) is 6.12. The Morgan fingerprint density at radius 1 is 0.939 bits per heavy atom. The summed E-state index contributed by atoms with van der Waals surface area (Å²) in [6.07, 6.45) is 4.21. The third kappa shape index (κ3) is 5.36. The van der Waals surface area contributed by atoms with Gasteiger partial charge < -0.3 is 5.11 Å². The van der Waals surface area contributed by atoms with Gasteiger partial charge in [-0.2, -0.15) is 0 Å². The summed E-state index contributed by atoms with van der Waals surface area (Å²) in [6, 6.07) is 26.6. The largest absolute Gasteiger partial charge is 0.478 e. The number of hydrogen-bond acceptors (Lipinski definition) is 3.